The van der Waals surface area contributed by atoms with Crippen LogP contribution >= 0.6 is 12.4 Å². The van der Waals surface area contributed by atoms with Crippen molar-refractivity contribution >= 4 is 18.3 Å². The predicted molar refractivity (Wildman–Crippen MR) is 77.9 cm³/mol. The summed E-state index contributed by atoms with van der Waals surface area (Å²) < 4.78 is 12.7. The summed E-state index contributed by atoms with van der Waals surface area (Å²) in [6, 6.07) is 6.42. The van der Waals surface area contributed by atoms with Crippen LogP contribution in [0.15, 0.2) is 24.3 Å². The van der Waals surface area contributed by atoms with Crippen molar-refractivity contribution in [3.8, 4) is 0 Å². The fourth-order valence-electron chi connectivity index (χ4n) is 1.61. The second-order valence-electron chi connectivity index (χ2n) is 4.71. The summed E-state index contributed by atoms with van der Waals surface area (Å²) in [6.45, 7) is 2.54. The van der Waals surface area contributed by atoms with Gasteiger partial charge in [-0.2, -0.15) is 0 Å². The van der Waals surface area contributed by atoms with Crippen molar-refractivity contribution in [2.75, 3.05) is 13.6 Å². The van der Waals surface area contributed by atoms with Crippen LogP contribution in [-0.2, 0) is 11.2 Å². The van der Waals surface area contributed by atoms with E-state index in [4.69, 9.17) is 5.73 Å². The van der Waals surface area contributed by atoms with Gasteiger partial charge in [-0.3, -0.25) is 4.79 Å². The Labute approximate surface area is 120 Å². The van der Waals surface area contributed by atoms with Gasteiger partial charge in [0.05, 0.1) is 0 Å². The summed E-state index contributed by atoms with van der Waals surface area (Å²) >= 11 is 0. The summed E-state index contributed by atoms with van der Waals surface area (Å²) in [7, 11) is 1.78. The Morgan fingerprint density at radius 2 is 1.95 bits per heavy atom. The topological polar surface area (TPSA) is 46.3 Å². The van der Waals surface area contributed by atoms with Crippen molar-refractivity contribution < 1.29 is 9.18 Å². The highest BCUT2D eigenvalue weighted by atomic mass is 35.5. The van der Waals surface area contributed by atoms with Crippen molar-refractivity contribution in [2.24, 2.45) is 5.73 Å². The molecule has 1 atom stereocenters. The molecular formula is C14H22ClFN2O. The van der Waals surface area contributed by atoms with Crippen molar-refractivity contribution in [3.05, 3.63) is 35.6 Å². The van der Waals surface area contributed by atoms with Crippen LogP contribution in [0.3, 0.4) is 0 Å². The summed E-state index contributed by atoms with van der Waals surface area (Å²) in [5.41, 5.74) is 6.64. The zero-order chi connectivity index (χ0) is 13.5. The van der Waals surface area contributed by atoms with E-state index in [1.165, 1.54) is 12.1 Å². The molecule has 2 N–H and O–H groups in total. The van der Waals surface area contributed by atoms with E-state index in [0.29, 0.717) is 19.4 Å². The van der Waals surface area contributed by atoms with Crippen LogP contribution in [0.1, 0.15) is 25.3 Å². The Bertz CT molecular complexity index is 382. The first kappa shape index (κ1) is 17.9. The van der Waals surface area contributed by atoms with Crippen molar-refractivity contribution in [2.45, 2.75) is 32.2 Å². The maximum Gasteiger partial charge on any atom is 0.222 e. The van der Waals surface area contributed by atoms with Gasteiger partial charge in [0.15, 0.2) is 0 Å². The molecule has 1 unspecified atom stereocenters. The van der Waals surface area contributed by atoms with Crippen LogP contribution in [0, 0.1) is 5.82 Å². The quantitative estimate of drug-likeness (QED) is 0.873. The number of benzene rings is 1. The van der Waals surface area contributed by atoms with Gasteiger partial charge in [-0.15, -0.1) is 12.4 Å². The summed E-state index contributed by atoms with van der Waals surface area (Å²) in [6.07, 6.45) is 1.93. The first-order valence-electron chi connectivity index (χ1n) is 6.23. The molecule has 0 fully saturated rings. The molecule has 0 aliphatic carbocycles. The number of amides is 1. The zero-order valence-corrected chi connectivity index (χ0v) is 12.3. The molecule has 1 rings (SSSR count). The van der Waals surface area contributed by atoms with Gasteiger partial charge in [0.2, 0.25) is 5.91 Å². The Morgan fingerprint density at radius 1 is 1.37 bits per heavy atom. The molecule has 0 saturated carbocycles. The highest BCUT2D eigenvalue weighted by molar-refractivity contribution is 5.85. The number of carbonyl (C=O) groups is 1. The lowest BCUT2D eigenvalue weighted by atomic mass is 10.1. The zero-order valence-electron chi connectivity index (χ0n) is 11.4. The highest BCUT2D eigenvalue weighted by Gasteiger charge is 2.09. The fraction of sp³-hybridized carbons (Fsp3) is 0.500. The maximum atomic E-state index is 12.7. The second kappa shape index (κ2) is 8.88. The van der Waals surface area contributed by atoms with Gasteiger partial charge >= 0.3 is 0 Å². The van der Waals surface area contributed by atoms with E-state index in [2.05, 4.69) is 0 Å². The van der Waals surface area contributed by atoms with Crippen molar-refractivity contribution in [1.82, 2.24) is 4.90 Å². The third-order valence-corrected chi connectivity index (χ3v) is 2.89. The first-order chi connectivity index (χ1) is 8.49. The maximum absolute atomic E-state index is 12.7. The second-order valence-corrected chi connectivity index (χ2v) is 4.71. The molecule has 108 valence electrons. The lowest BCUT2D eigenvalue weighted by Gasteiger charge is -2.17. The molecular weight excluding hydrogens is 267 g/mol. The largest absolute Gasteiger partial charge is 0.345 e. The average Bonchev–Trinajstić information content (AvgIpc) is 2.34. The van der Waals surface area contributed by atoms with Crippen LogP contribution in [0.4, 0.5) is 4.39 Å². The summed E-state index contributed by atoms with van der Waals surface area (Å²) in [5, 5.41) is 0. The monoisotopic (exact) mass is 288 g/mol. The molecule has 1 aromatic rings. The van der Waals surface area contributed by atoms with Crippen LogP contribution in [0.5, 0.6) is 0 Å². The molecule has 0 spiro atoms. The lowest BCUT2D eigenvalue weighted by Crippen LogP contribution is -2.30. The Balaban J connectivity index is 0.00000324. The number of nitrogens with zero attached hydrogens (tertiary/aromatic N) is 1. The highest BCUT2D eigenvalue weighted by Crippen LogP contribution is 2.05. The number of nitrogens with two attached hydrogens (primary N) is 1. The number of halogens is 2. The van der Waals surface area contributed by atoms with Crippen LogP contribution in [-0.4, -0.2) is 30.4 Å². The van der Waals surface area contributed by atoms with Crippen LogP contribution in [0.2, 0.25) is 0 Å². The Hall–Kier alpha value is -1.13. The standard InChI is InChI=1S/C14H21FN2O.ClH/c1-11(16)3-8-14(18)17(2)10-9-12-4-6-13(15)7-5-12;/h4-7,11H,3,8-10,16H2,1-2H3;1H. The van der Waals surface area contributed by atoms with Gasteiger partial charge in [0.1, 0.15) is 5.82 Å². The van der Waals surface area contributed by atoms with Gasteiger partial charge in [-0.1, -0.05) is 12.1 Å². The normalized spacial score (nSPS) is 11.6. The number of carbonyl (C=O) groups excluding carboxylic acids is 1. The van der Waals surface area contributed by atoms with Gasteiger partial charge in [0, 0.05) is 26.1 Å². The Morgan fingerprint density at radius 3 is 2.47 bits per heavy atom. The fourth-order valence-corrected chi connectivity index (χ4v) is 1.61. The van der Waals surface area contributed by atoms with E-state index in [9.17, 15) is 9.18 Å². The molecule has 0 heterocycles. The minimum absolute atomic E-state index is 0. The molecule has 0 aliphatic heterocycles. The molecule has 1 aromatic carbocycles. The summed E-state index contributed by atoms with van der Waals surface area (Å²) in [4.78, 5) is 13.4. The SMILES string of the molecule is CC(N)CCC(=O)N(C)CCc1ccc(F)cc1.Cl. The molecule has 1 amide bonds. The minimum atomic E-state index is -0.236. The van der Waals surface area contributed by atoms with E-state index < -0.39 is 0 Å². The van der Waals surface area contributed by atoms with Crippen LogP contribution < -0.4 is 5.73 Å². The number of hydrogen-bond acceptors (Lipinski definition) is 2. The van der Waals surface area contributed by atoms with E-state index in [1.807, 2.05) is 6.92 Å². The average molecular weight is 289 g/mol. The van der Waals surface area contributed by atoms with Gasteiger partial charge in [-0.05, 0) is 37.5 Å². The molecule has 19 heavy (non-hydrogen) atoms. The minimum Gasteiger partial charge on any atom is -0.345 e. The molecule has 0 bridgehead atoms. The Kier molecular flexibility index (Phi) is 8.35. The molecule has 0 aromatic heterocycles. The smallest absolute Gasteiger partial charge is 0.222 e. The number of likely N-dealkylation sites (N-methyl/N-ethyl adjacent to an activating group) is 1. The summed E-state index contributed by atoms with van der Waals surface area (Å²) in [5.74, 6) is -0.130. The van der Waals surface area contributed by atoms with Gasteiger partial charge in [0.25, 0.3) is 0 Å². The van der Waals surface area contributed by atoms with Crippen molar-refractivity contribution in [3.63, 3.8) is 0 Å². The van der Waals surface area contributed by atoms with Crippen LogP contribution in [0.25, 0.3) is 0 Å². The van der Waals surface area contributed by atoms with E-state index >= 15 is 0 Å². The van der Waals surface area contributed by atoms with E-state index in [0.717, 1.165) is 12.0 Å². The van der Waals surface area contributed by atoms with Gasteiger partial charge < -0.3 is 10.6 Å². The lowest BCUT2D eigenvalue weighted by molar-refractivity contribution is -0.130. The van der Waals surface area contributed by atoms with Gasteiger partial charge in [-0.25, -0.2) is 4.39 Å². The van der Waals surface area contributed by atoms with Crippen molar-refractivity contribution in [1.29, 1.82) is 0 Å². The predicted octanol–water partition coefficient (Wildman–Crippen LogP) is 2.38. The van der Waals surface area contributed by atoms with E-state index in [-0.39, 0.29) is 30.2 Å². The molecule has 5 heteroatoms. The first-order valence-corrected chi connectivity index (χ1v) is 6.23. The van der Waals surface area contributed by atoms with E-state index in [1.54, 1.807) is 24.1 Å². The number of rotatable bonds is 6. The molecule has 0 radical (unpaired) electrons. The molecule has 0 saturated heterocycles. The third kappa shape index (κ3) is 7.13. The molecule has 3 nitrogen and oxygen atoms in total. The third-order valence-electron chi connectivity index (χ3n) is 2.89. The number of hydrogen-bond donors (Lipinski definition) is 1. The molecule has 0 aliphatic rings.